The van der Waals surface area contributed by atoms with Gasteiger partial charge >= 0.3 is 0 Å². The number of fused-ring (bicyclic) bond motifs is 1. The normalized spacial score (nSPS) is 11.4. The molecule has 0 radical (unpaired) electrons. The van der Waals surface area contributed by atoms with Crippen molar-refractivity contribution in [1.29, 1.82) is 0 Å². The zero-order valence-corrected chi connectivity index (χ0v) is 12.2. The molecule has 0 saturated heterocycles. The minimum atomic E-state index is 0.509. The molecular weight excluding hydrogens is 232 g/mol. The third-order valence-electron chi connectivity index (χ3n) is 3.61. The summed E-state index contributed by atoms with van der Waals surface area (Å²) in [5, 5.41) is 1.31. The molecule has 0 bridgehead atoms. The van der Waals surface area contributed by atoms with Crippen LogP contribution >= 0.6 is 0 Å². The van der Waals surface area contributed by atoms with Gasteiger partial charge in [0.05, 0.1) is 5.52 Å². The number of benzene rings is 1. The van der Waals surface area contributed by atoms with Gasteiger partial charge in [0.2, 0.25) is 0 Å². The van der Waals surface area contributed by atoms with Crippen LogP contribution in [0.15, 0.2) is 24.3 Å². The van der Waals surface area contributed by atoms with Gasteiger partial charge in [0.1, 0.15) is 0 Å². The topological polar surface area (TPSA) is 38.9 Å². The summed E-state index contributed by atoms with van der Waals surface area (Å²) in [5.74, 6) is 0.509. The molecule has 1 aromatic carbocycles. The van der Waals surface area contributed by atoms with Crippen molar-refractivity contribution in [2.75, 3.05) is 6.54 Å². The summed E-state index contributed by atoms with van der Waals surface area (Å²) in [5.41, 5.74) is 10.6. The summed E-state index contributed by atoms with van der Waals surface area (Å²) in [4.78, 5) is 4.76. The maximum Gasteiger partial charge on any atom is 0.0742 e. The zero-order chi connectivity index (χ0) is 13.8. The molecule has 1 heterocycles. The van der Waals surface area contributed by atoms with E-state index in [0.717, 1.165) is 31.5 Å². The highest BCUT2D eigenvalue weighted by Gasteiger charge is 2.10. The van der Waals surface area contributed by atoms with Gasteiger partial charge in [-0.15, -0.1) is 0 Å². The van der Waals surface area contributed by atoms with Crippen LogP contribution in [0, 0.1) is 6.92 Å². The number of nitrogens with two attached hydrogens (primary N) is 1. The smallest absolute Gasteiger partial charge is 0.0742 e. The summed E-state index contributed by atoms with van der Waals surface area (Å²) in [7, 11) is 0. The third kappa shape index (κ3) is 3.13. The molecule has 0 fully saturated rings. The second kappa shape index (κ2) is 6.16. The van der Waals surface area contributed by atoms with E-state index in [0.29, 0.717) is 5.92 Å². The van der Waals surface area contributed by atoms with E-state index in [4.69, 9.17) is 10.7 Å². The van der Waals surface area contributed by atoms with Crippen LogP contribution in [0.25, 0.3) is 10.9 Å². The first-order valence-corrected chi connectivity index (χ1v) is 7.22. The molecule has 2 nitrogen and oxygen atoms in total. The fourth-order valence-corrected chi connectivity index (χ4v) is 2.62. The van der Waals surface area contributed by atoms with Crippen LogP contribution in [0.3, 0.4) is 0 Å². The predicted molar refractivity (Wildman–Crippen MR) is 82.6 cm³/mol. The van der Waals surface area contributed by atoms with Crippen LogP contribution in [0.4, 0.5) is 0 Å². The lowest BCUT2D eigenvalue weighted by atomic mass is 9.95. The maximum absolute atomic E-state index is 5.59. The molecule has 0 spiro atoms. The van der Waals surface area contributed by atoms with Gasteiger partial charge in [-0.05, 0) is 55.8 Å². The lowest BCUT2D eigenvalue weighted by Gasteiger charge is -2.13. The van der Waals surface area contributed by atoms with E-state index >= 15 is 0 Å². The molecule has 102 valence electrons. The third-order valence-corrected chi connectivity index (χ3v) is 3.61. The van der Waals surface area contributed by atoms with Crippen molar-refractivity contribution in [1.82, 2.24) is 4.98 Å². The second-order valence-electron chi connectivity index (χ2n) is 5.57. The van der Waals surface area contributed by atoms with Gasteiger partial charge in [0.25, 0.3) is 0 Å². The van der Waals surface area contributed by atoms with Crippen LogP contribution in [0.5, 0.6) is 0 Å². The Morgan fingerprint density at radius 1 is 1.21 bits per heavy atom. The molecule has 0 unspecified atom stereocenters. The average Bonchev–Trinajstić information content (AvgIpc) is 2.38. The highest BCUT2D eigenvalue weighted by atomic mass is 14.7. The molecule has 0 aliphatic heterocycles. The van der Waals surface area contributed by atoms with E-state index in [9.17, 15) is 0 Å². The standard InChI is InChI=1S/C17H24N2/c1-12(2)15-8-6-9-16-14(7-4-5-10-18)11-13(3)19-17(15)16/h6,8-9,11-12H,4-5,7,10,18H2,1-3H3. The van der Waals surface area contributed by atoms with Crippen LogP contribution in [-0.2, 0) is 6.42 Å². The molecular formula is C17H24N2. The van der Waals surface area contributed by atoms with E-state index in [1.807, 2.05) is 0 Å². The van der Waals surface area contributed by atoms with Gasteiger partial charge in [-0.2, -0.15) is 0 Å². The predicted octanol–water partition coefficient (Wildman–Crippen LogP) is 3.95. The Hall–Kier alpha value is -1.41. The van der Waals surface area contributed by atoms with Crippen molar-refractivity contribution >= 4 is 10.9 Å². The molecule has 2 heteroatoms. The van der Waals surface area contributed by atoms with E-state index < -0.39 is 0 Å². The lowest BCUT2D eigenvalue weighted by Crippen LogP contribution is -2.01. The largest absolute Gasteiger partial charge is 0.330 e. The highest BCUT2D eigenvalue weighted by Crippen LogP contribution is 2.27. The quantitative estimate of drug-likeness (QED) is 0.823. The van der Waals surface area contributed by atoms with Crippen LogP contribution < -0.4 is 5.73 Å². The van der Waals surface area contributed by atoms with Crippen molar-refractivity contribution in [2.45, 2.75) is 46.0 Å². The van der Waals surface area contributed by atoms with Crippen molar-refractivity contribution in [2.24, 2.45) is 5.73 Å². The molecule has 0 aliphatic carbocycles. The monoisotopic (exact) mass is 256 g/mol. The van der Waals surface area contributed by atoms with Gasteiger partial charge < -0.3 is 5.73 Å². The number of unbranched alkanes of at least 4 members (excludes halogenated alkanes) is 1. The second-order valence-corrected chi connectivity index (χ2v) is 5.57. The number of pyridine rings is 1. The zero-order valence-electron chi connectivity index (χ0n) is 12.2. The Morgan fingerprint density at radius 2 is 2.00 bits per heavy atom. The first-order chi connectivity index (χ1) is 9.13. The molecule has 2 aromatic rings. The maximum atomic E-state index is 5.59. The van der Waals surface area contributed by atoms with Crippen LogP contribution in [-0.4, -0.2) is 11.5 Å². The van der Waals surface area contributed by atoms with Gasteiger partial charge in [-0.3, -0.25) is 4.98 Å². The van der Waals surface area contributed by atoms with Crippen molar-refractivity contribution in [3.63, 3.8) is 0 Å². The lowest BCUT2D eigenvalue weighted by molar-refractivity contribution is 0.746. The van der Waals surface area contributed by atoms with E-state index in [2.05, 4.69) is 45.0 Å². The first kappa shape index (κ1) is 14.0. The summed E-state index contributed by atoms with van der Waals surface area (Å²) >= 11 is 0. The Kier molecular flexibility index (Phi) is 4.54. The summed E-state index contributed by atoms with van der Waals surface area (Å²) in [6.45, 7) is 7.32. The Bertz CT molecular complexity index is 558. The van der Waals surface area contributed by atoms with Gasteiger partial charge in [-0.25, -0.2) is 0 Å². The number of hydrogen-bond acceptors (Lipinski definition) is 2. The number of hydrogen-bond donors (Lipinski definition) is 1. The molecule has 0 amide bonds. The molecule has 2 rings (SSSR count). The van der Waals surface area contributed by atoms with E-state index in [1.54, 1.807) is 0 Å². The van der Waals surface area contributed by atoms with Crippen LogP contribution in [0.2, 0.25) is 0 Å². The first-order valence-electron chi connectivity index (χ1n) is 7.22. The summed E-state index contributed by atoms with van der Waals surface area (Å²) < 4.78 is 0. The van der Waals surface area contributed by atoms with Gasteiger partial charge in [0.15, 0.2) is 0 Å². The molecule has 1 aromatic heterocycles. The van der Waals surface area contributed by atoms with Gasteiger partial charge in [0, 0.05) is 11.1 Å². The number of aromatic nitrogens is 1. The van der Waals surface area contributed by atoms with E-state index in [1.165, 1.54) is 22.0 Å². The minimum Gasteiger partial charge on any atom is -0.330 e. The fourth-order valence-electron chi connectivity index (χ4n) is 2.62. The molecule has 19 heavy (non-hydrogen) atoms. The Morgan fingerprint density at radius 3 is 2.68 bits per heavy atom. The van der Waals surface area contributed by atoms with Crippen LogP contribution in [0.1, 0.15) is 49.4 Å². The molecule has 0 saturated carbocycles. The number of nitrogens with zero attached hydrogens (tertiary/aromatic N) is 1. The van der Waals surface area contributed by atoms with Gasteiger partial charge in [-0.1, -0.05) is 32.0 Å². The summed E-state index contributed by atoms with van der Waals surface area (Å²) in [6, 6.07) is 8.78. The average molecular weight is 256 g/mol. The van der Waals surface area contributed by atoms with Crippen molar-refractivity contribution in [3.8, 4) is 0 Å². The molecule has 0 atom stereocenters. The SMILES string of the molecule is Cc1cc(CCCCN)c2cccc(C(C)C)c2n1. The minimum absolute atomic E-state index is 0.509. The fraction of sp³-hybridized carbons (Fsp3) is 0.471. The van der Waals surface area contributed by atoms with Crippen molar-refractivity contribution < 1.29 is 0 Å². The highest BCUT2D eigenvalue weighted by molar-refractivity contribution is 5.85. The number of aryl methyl sites for hydroxylation is 2. The van der Waals surface area contributed by atoms with E-state index in [-0.39, 0.29) is 0 Å². The Labute approximate surface area is 116 Å². The number of rotatable bonds is 5. The Balaban J connectivity index is 2.49. The number of para-hydroxylation sites is 1. The molecule has 0 aliphatic rings. The molecule has 2 N–H and O–H groups in total. The summed E-state index contributed by atoms with van der Waals surface area (Å²) in [6.07, 6.45) is 3.34. The van der Waals surface area contributed by atoms with Crippen molar-refractivity contribution in [3.05, 3.63) is 41.1 Å².